The van der Waals surface area contributed by atoms with Crippen molar-refractivity contribution in [2.24, 2.45) is 0 Å². The summed E-state index contributed by atoms with van der Waals surface area (Å²) in [6.07, 6.45) is 1.11. The van der Waals surface area contributed by atoms with E-state index in [-0.39, 0.29) is 0 Å². The maximum Gasteiger partial charge on any atom is 0.223 e. The predicted molar refractivity (Wildman–Crippen MR) is 81.2 cm³/mol. The van der Waals surface area contributed by atoms with Gasteiger partial charge in [-0.3, -0.25) is 4.90 Å². The molecule has 1 aromatic heterocycles. The van der Waals surface area contributed by atoms with Crippen LogP contribution < -0.4 is 5.32 Å². The molecule has 1 aliphatic heterocycles. The van der Waals surface area contributed by atoms with Crippen LogP contribution in [0.2, 0.25) is 0 Å². The number of morpholine rings is 1. The third-order valence-corrected chi connectivity index (χ3v) is 3.50. The Morgan fingerprint density at radius 2 is 2.05 bits per heavy atom. The lowest BCUT2D eigenvalue weighted by molar-refractivity contribution is 0.0378. The van der Waals surface area contributed by atoms with E-state index >= 15 is 0 Å². The lowest BCUT2D eigenvalue weighted by Gasteiger charge is -2.26. The Balaban J connectivity index is 1.75. The maximum atomic E-state index is 5.35. The highest BCUT2D eigenvalue weighted by Crippen LogP contribution is 2.14. The molecular formula is C15H26N4O. The summed E-state index contributed by atoms with van der Waals surface area (Å²) in [5.41, 5.74) is 2.13. The van der Waals surface area contributed by atoms with Gasteiger partial charge in [0.1, 0.15) is 0 Å². The van der Waals surface area contributed by atoms with Gasteiger partial charge in [-0.15, -0.1) is 0 Å². The van der Waals surface area contributed by atoms with Gasteiger partial charge in [0.25, 0.3) is 0 Å². The lowest BCUT2D eigenvalue weighted by Crippen LogP contribution is -2.37. The van der Waals surface area contributed by atoms with Crippen LogP contribution in [0.25, 0.3) is 0 Å². The average molecular weight is 278 g/mol. The van der Waals surface area contributed by atoms with E-state index in [2.05, 4.69) is 40.1 Å². The van der Waals surface area contributed by atoms with Gasteiger partial charge in [0.15, 0.2) is 0 Å². The van der Waals surface area contributed by atoms with E-state index in [4.69, 9.17) is 4.74 Å². The highest BCUT2D eigenvalue weighted by molar-refractivity contribution is 5.28. The fourth-order valence-electron chi connectivity index (χ4n) is 2.30. The maximum absolute atomic E-state index is 5.35. The molecule has 0 bridgehead atoms. The molecule has 112 valence electrons. The summed E-state index contributed by atoms with van der Waals surface area (Å²) in [7, 11) is 0. The molecule has 0 amide bonds. The number of nitrogens with one attached hydrogen (secondary N) is 1. The van der Waals surface area contributed by atoms with E-state index in [1.807, 2.05) is 6.92 Å². The molecule has 0 radical (unpaired) electrons. The van der Waals surface area contributed by atoms with Crippen LogP contribution in [0, 0.1) is 6.92 Å². The molecule has 0 aromatic carbocycles. The Bertz CT molecular complexity index is 416. The van der Waals surface area contributed by atoms with Crippen molar-refractivity contribution >= 4 is 5.95 Å². The molecule has 20 heavy (non-hydrogen) atoms. The second kappa shape index (κ2) is 7.55. The van der Waals surface area contributed by atoms with E-state index in [0.29, 0.717) is 5.92 Å². The minimum atomic E-state index is 0.436. The second-order valence-corrected chi connectivity index (χ2v) is 5.65. The van der Waals surface area contributed by atoms with Crippen LogP contribution in [-0.2, 0) is 4.74 Å². The fraction of sp³-hybridized carbons (Fsp3) is 0.733. The van der Waals surface area contributed by atoms with Crippen LogP contribution in [0.15, 0.2) is 6.07 Å². The van der Waals surface area contributed by atoms with Crippen LogP contribution >= 0.6 is 0 Å². The Morgan fingerprint density at radius 1 is 1.30 bits per heavy atom. The second-order valence-electron chi connectivity index (χ2n) is 5.65. The third kappa shape index (κ3) is 4.72. The number of anilines is 1. The van der Waals surface area contributed by atoms with Crippen molar-refractivity contribution in [2.75, 3.05) is 44.7 Å². The fourth-order valence-corrected chi connectivity index (χ4v) is 2.30. The number of aryl methyl sites for hydroxylation is 1. The molecule has 0 spiro atoms. The van der Waals surface area contributed by atoms with Crippen LogP contribution in [0.4, 0.5) is 5.95 Å². The molecule has 1 fully saturated rings. The van der Waals surface area contributed by atoms with Crippen LogP contribution in [0.3, 0.4) is 0 Å². The molecule has 5 heteroatoms. The van der Waals surface area contributed by atoms with Gasteiger partial charge in [-0.25, -0.2) is 9.97 Å². The van der Waals surface area contributed by atoms with Crippen LogP contribution in [-0.4, -0.2) is 54.3 Å². The summed E-state index contributed by atoms with van der Waals surface area (Å²) < 4.78 is 5.35. The Morgan fingerprint density at radius 3 is 2.75 bits per heavy atom. The van der Waals surface area contributed by atoms with Crippen molar-refractivity contribution in [1.82, 2.24) is 14.9 Å². The first-order valence-electron chi connectivity index (χ1n) is 7.54. The molecular weight excluding hydrogens is 252 g/mol. The van der Waals surface area contributed by atoms with Gasteiger partial charge in [0, 0.05) is 31.0 Å². The average Bonchev–Trinajstić information content (AvgIpc) is 2.44. The number of rotatable bonds is 6. The minimum absolute atomic E-state index is 0.436. The quantitative estimate of drug-likeness (QED) is 0.807. The highest BCUT2D eigenvalue weighted by atomic mass is 16.5. The van der Waals surface area contributed by atoms with E-state index in [1.54, 1.807) is 0 Å². The van der Waals surface area contributed by atoms with Gasteiger partial charge in [0.2, 0.25) is 5.95 Å². The van der Waals surface area contributed by atoms with Gasteiger partial charge in [-0.2, -0.15) is 0 Å². The molecule has 0 unspecified atom stereocenters. The van der Waals surface area contributed by atoms with E-state index in [9.17, 15) is 0 Å². The lowest BCUT2D eigenvalue weighted by atomic mass is 10.1. The zero-order chi connectivity index (χ0) is 14.4. The third-order valence-electron chi connectivity index (χ3n) is 3.50. The van der Waals surface area contributed by atoms with Gasteiger partial charge in [0.05, 0.1) is 13.2 Å². The van der Waals surface area contributed by atoms with Gasteiger partial charge >= 0.3 is 0 Å². The predicted octanol–water partition coefficient (Wildman–Crippen LogP) is 2.04. The Kier molecular flexibility index (Phi) is 5.73. The molecule has 1 aliphatic rings. The summed E-state index contributed by atoms with van der Waals surface area (Å²) in [4.78, 5) is 11.5. The van der Waals surface area contributed by atoms with Crippen molar-refractivity contribution in [3.63, 3.8) is 0 Å². The first kappa shape index (κ1) is 15.2. The molecule has 1 saturated heterocycles. The zero-order valence-corrected chi connectivity index (χ0v) is 12.9. The minimum Gasteiger partial charge on any atom is -0.379 e. The number of ether oxygens (including phenoxy) is 1. The summed E-state index contributed by atoms with van der Waals surface area (Å²) in [5, 5.41) is 3.34. The first-order chi connectivity index (χ1) is 9.65. The molecule has 1 N–H and O–H groups in total. The monoisotopic (exact) mass is 278 g/mol. The van der Waals surface area contributed by atoms with Gasteiger partial charge in [-0.05, 0) is 31.9 Å². The van der Waals surface area contributed by atoms with Crippen LogP contribution in [0.5, 0.6) is 0 Å². The molecule has 5 nitrogen and oxygen atoms in total. The molecule has 0 atom stereocenters. The smallest absolute Gasteiger partial charge is 0.223 e. The first-order valence-corrected chi connectivity index (χ1v) is 7.54. The molecule has 0 saturated carbocycles. The largest absolute Gasteiger partial charge is 0.379 e. The Labute approximate surface area is 121 Å². The molecule has 2 heterocycles. The van der Waals surface area contributed by atoms with Crippen molar-refractivity contribution in [1.29, 1.82) is 0 Å². The number of aromatic nitrogens is 2. The van der Waals surface area contributed by atoms with Crippen LogP contribution in [0.1, 0.15) is 37.6 Å². The molecule has 0 aliphatic carbocycles. The Hall–Kier alpha value is -1.20. The molecule has 2 rings (SSSR count). The van der Waals surface area contributed by atoms with Crippen molar-refractivity contribution in [3.05, 3.63) is 17.5 Å². The number of hydrogen-bond donors (Lipinski definition) is 1. The highest BCUT2D eigenvalue weighted by Gasteiger charge is 2.09. The normalized spacial score (nSPS) is 16.6. The zero-order valence-electron chi connectivity index (χ0n) is 12.9. The van der Waals surface area contributed by atoms with E-state index < -0.39 is 0 Å². The summed E-state index contributed by atoms with van der Waals surface area (Å²) in [5.74, 6) is 1.20. The number of nitrogens with zero attached hydrogens (tertiary/aromatic N) is 3. The van der Waals surface area contributed by atoms with E-state index in [1.165, 1.54) is 0 Å². The summed E-state index contributed by atoms with van der Waals surface area (Å²) in [6.45, 7) is 12.2. The summed E-state index contributed by atoms with van der Waals surface area (Å²) >= 11 is 0. The summed E-state index contributed by atoms with van der Waals surface area (Å²) in [6, 6.07) is 2.06. The number of hydrogen-bond acceptors (Lipinski definition) is 5. The van der Waals surface area contributed by atoms with Crippen molar-refractivity contribution in [3.8, 4) is 0 Å². The topological polar surface area (TPSA) is 50.3 Å². The standard InChI is InChI=1S/C15H26N4O/c1-12(2)14-11-13(3)17-15(18-14)16-5-4-6-19-7-9-20-10-8-19/h11-12H,4-10H2,1-3H3,(H,16,17,18). The molecule has 1 aromatic rings. The van der Waals surface area contributed by atoms with Crippen molar-refractivity contribution in [2.45, 2.75) is 33.1 Å². The van der Waals surface area contributed by atoms with Crippen molar-refractivity contribution < 1.29 is 4.74 Å². The van der Waals surface area contributed by atoms with Gasteiger partial charge in [-0.1, -0.05) is 13.8 Å². The SMILES string of the molecule is Cc1cc(C(C)C)nc(NCCCN2CCOCC2)n1. The van der Waals surface area contributed by atoms with E-state index in [0.717, 1.165) is 63.1 Å². The van der Waals surface area contributed by atoms with Gasteiger partial charge < -0.3 is 10.1 Å².